The number of nitrogens with one attached hydrogen (secondary N) is 3. The minimum absolute atomic E-state index is 0.0187. The van der Waals surface area contributed by atoms with Gasteiger partial charge in [0.2, 0.25) is 5.91 Å². The number of rotatable bonds is 7. The third-order valence-corrected chi connectivity index (χ3v) is 5.53. The van der Waals surface area contributed by atoms with Crippen LogP contribution < -0.4 is 16.0 Å². The number of aromatic nitrogens is 2. The fourth-order valence-corrected chi connectivity index (χ4v) is 3.99. The van der Waals surface area contributed by atoms with Crippen LogP contribution in [0.25, 0.3) is 0 Å². The van der Waals surface area contributed by atoms with Gasteiger partial charge in [0.1, 0.15) is 5.82 Å². The Morgan fingerprint density at radius 1 is 1.23 bits per heavy atom. The van der Waals surface area contributed by atoms with Gasteiger partial charge < -0.3 is 20.5 Å². The highest BCUT2D eigenvalue weighted by molar-refractivity contribution is 5.79. The molecule has 7 nitrogen and oxygen atoms in total. The van der Waals surface area contributed by atoms with E-state index in [-0.39, 0.29) is 29.9 Å². The molecule has 1 aromatic carbocycles. The van der Waals surface area contributed by atoms with Crippen molar-refractivity contribution in [3.05, 3.63) is 53.6 Å². The lowest BCUT2D eigenvalue weighted by Crippen LogP contribution is -2.46. The van der Waals surface area contributed by atoms with Gasteiger partial charge in [-0.25, -0.2) is 9.78 Å². The lowest BCUT2D eigenvalue weighted by atomic mass is 9.85. The molecule has 2 unspecified atom stereocenters. The number of benzene rings is 1. The Kier molecular flexibility index (Phi) is 7.49. The highest BCUT2D eigenvalue weighted by Gasteiger charge is 2.28. The first-order valence-corrected chi connectivity index (χ1v) is 10.8. The Labute approximate surface area is 178 Å². The van der Waals surface area contributed by atoms with Crippen molar-refractivity contribution in [1.29, 1.82) is 0 Å². The number of hydrogen-bond donors (Lipinski definition) is 3. The molecular formula is C23H33N5O2. The summed E-state index contributed by atoms with van der Waals surface area (Å²) in [6.07, 6.45) is 7.22. The van der Waals surface area contributed by atoms with Crippen LogP contribution in [-0.4, -0.2) is 33.6 Å². The first kappa shape index (κ1) is 21.9. The lowest BCUT2D eigenvalue weighted by Gasteiger charge is -2.29. The summed E-state index contributed by atoms with van der Waals surface area (Å²) in [6, 6.07) is 8.20. The monoisotopic (exact) mass is 411 g/mol. The van der Waals surface area contributed by atoms with Crippen LogP contribution in [0, 0.1) is 12.8 Å². The van der Waals surface area contributed by atoms with Crippen LogP contribution in [0.15, 0.2) is 36.7 Å². The van der Waals surface area contributed by atoms with Gasteiger partial charge in [0.15, 0.2) is 0 Å². The Bertz CT molecular complexity index is 861. The van der Waals surface area contributed by atoms with Crippen LogP contribution in [-0.2, 0) is 17.9 Å². The largest absolute Gasteiger partial charge is 0.354 e. The number of urea groups is 1. The van der Waals surface area contributed by atoms with Crippen molar-refractivity contribution >= 4 is 11.9 Å². The highest BCUT2D eigenvalue weighted by atomic mass is 16.2. The fraction of sp³-hybridized carbons (Fsp3) is 0.522. The summed E-state index contributed by atoms with van der Waals surface area (Å²) in [6.45, 7) is 7.14. The number of carbonyl (C=O) groups is 2. The van der Waals surface area contributed by atoms with Crippen LogP contribution in [0.5, 0.6) is 0 Å². The second-order valence-corrected chi connectivity index (χ2v) is 8.47. The van der Waals surface area contributed by atoms with E-state index in [0.29, 0.717) is 13.0 Å². The van der Waals surface area contributed by atoms with Gasteiger partial charge in [0, 0.05) is 43.5 Å². The first-order valence-electron chi connectivity index (χ1n) is 10.8. The average Bonchev–Trinajstić information content (AvgIpc) is 3.11. The number of nitrogens with zero attached hydrogens (tertiary/aromatic N) is 2. The number of aryl methyl sites for hydroxylation is 1. The molecule has 1 saturated carbocycles. The summed E-state index contributed by atoms with van der Waals surface area (Å²) < 4.78 is 2.09. The van der Waals surface area contributed by atoms with E-state index >= 15 is 0 Å². The summed E-state index contributed by atoms with van der Waals surface area (Å²) in [5, 5.41) is 8.98. The van der Waals surface area contributed by atoms with E-state index in [2.05, 4.69) is 37.6 Å². The van der Waals surface area contributed by atoms with Crippen LogP contribution in [0.3, 0.4) is 0 Å². The van der Waals surface area contributed by atoms with Gasteiger partial charge in [-0.3, -0.25) is 4.79 Å². The van der Waals surface area contributed by atoms with Gasteiger partial charge in [-0.05, 0) is 51.2 Å². The van der Waals surface area contributed by atoms with Gasteiger partial charge in [-0.15, -0.1) is 0 Å². The highest BCUT2D eigenvalue weighted by Crippen LogP contribution is 2.24. The van der Waals surface area contributed by atoms with Crippen molar-refractivity contribution in [3.63, 3.8) is 0 Å². The molecule has 3 N–H and O–H groups in total. The molecular weight excluding hydrogens is 378 g/mol. The normalized spacial score (nSPS) is 18.8. The number of hydrogen-bond acceptors (Lipinski definition) is 3. The molecule has 162 valence electrons. The summed E-state index contributed by atoms with van der Waals surface area (Å²) in [5.74, 6) is 1.06. The maximum Gasteiger partial charge on any atom is 0.315 e. The zero-order valence-corrected chi connectivity index (χ0v) is 18.1. The van der Waals surface area contributed by atoms with Gasteiger partial charge >= 0.3 is 6.03 Å². The van der Waals surface area contributed by atoms with Crippen molar-refractivity contribution in [2.75, 3.05) is 0 Å². The van der Waals surface area contributed by atoms with E-state index in [1.165, 1.54) is 5.56 Å². The summed E-state index contributed by atoms with van der Waals surface area (Å²) in [7, 11) is 0. The smallest absolute Gasteiger partial charge is 0.315 e. The van der Waals surface area contributed by atoms with E-state index < -0.39 is 0 Å². The predicted octanol–water partition coefficient (Wildman–Crippen LogP) is 3.12. The molecule has 1 aliphatic rings. The number of imidazole rings is 1. The van der Waals surface area contributed by atoms with Gasteiger partial charge in [0.05, 0.1) is 0 Å². The zero-order valence-electron chi connectivity index (χ0n) is 18.1. The Morgan fingerprint density at radius 2 is 2.03 bits per heavy atom. The molecule has 1 aromatic heterocycles. The van der Waals surface area contributed by atoms with E-state index in [9.17, 15) is 9.59 Å². The van der Waals surface area contributed by atoms with Gasteiger partial charge in [-0.1, -0.05) is 30.7 Å². The topological polar surface area (TPSA) is 88.1 Å². The van der Waals surface area contributed by atoms with Crippen molar-refractivity contribution < 1.29 is 9.59 Å². The molecule has 1 aliphatic carbocycles. The quantitative estimate of drug-likeness (QED) is 0.654. The zero-order chi connectivity index (χ0) is 21.5. The number of carbonyl (C=O) groups excluding carboxylic acids is 2. The third-order valence-electron chi connectivity index (χ3n) is 5.53. The van der Waals surface area contributed by atoms with E-state index in [0.717, 1.165) is 37.2 Å². The fourth-order valence-electron chi connectivity index (χ4n) is 3.99. The molecule has 2 aromatic rings. The van der Waals surface area contributed by atoms with E-state index in [4.69, 9.17) is 0 Å². The van der Waals surface area contributed by atoms with E-state index in [1.54, 1.807) is 6.20 Å². The van der Waals surface area contributed by atoms with Crippen LogP contribution in [0.4, 0.5) is 4.79 Å². The molecule has 0 spiro atoms. The molecule has 3 rings (SSSR count). The average molecular weight is 412 g/mol. The minimum atomic E-state index is -0.180. The lowest BCUT2D eigenvalue weighted by molar-refractivity contribution is -0.126. The SMILES string of the molecule is Cc1nccn1Cc1cccc(CNC(=O)NC2CCCC(C(=O)NC(C)C)C2)c1. The predicted molar refractivity (Wildman–Crippen MR) is 117 cm³/mol. The van der Waals surface area contributed by atoms with Crippen molar-refractivity contribution in [2.45, 2.75) is 71.6 Å². The van der Waals surface area contributed by atoms with Crippen molar-refractivity contribution in [2.24, 2.45) is 5.92 Å². The Morgan fingerprint density at radius 3 is 2.77 bits per heavy atom. The maximum absolute atomic E-state index is 12.4. The molecule has 0 saturated heterocycles. The third kappa shape index (κ3) is 6.34. The summed E-state index contributed by atoms with van der Waals surface area (Å²) >= 11 is 0. The standard InChI is InChI=1S/C23H33N5O2/c1-16(2)26-22(29)20-8-5-9-21(13-20)27-23(30)25-14-18-6-4-7-19(12-18)15-28-11-10-24-17(28)3/h4,6-7,10-12,16,20-21H,5,8-9,13-15H2,1-3H3,(H,26,29)(H2,25,27,30). The second-order valence-electron chi connectivity index (χ2n) is 8.47. The second kappa shape index (κ2) is 10.3. The summed E-state index contributed by atoms with van der Waals surface area (Å²) in [5.41, 5.74) is 2.22. The maximum atomic E-state index is 12.4. The molecule has 7 heteroatoms. The van der Waals surface area contributed by atoms with Crippen LogP contribution in [0.2, 0.25) is 0 Å². The molecule has 0 aliphatic heterocycles. The molecule has 3 amide bonds. The van der Waals surface area contributed by atoms with Crippen LogP contribution in [0.1, 0.15) is 56.5 Å². The van der Waals surface area contributed by atoms with Crippen molar-refractivity contribution in [1.82, 2.24) is 25.5 Å². The molecule has 0 bridgehead atoms. The Hall–Kier alpha value is -2.83. The minimum Gasteiger partial charge on any atom is -0.354 e. The Balaban J connectivity index is 1.47. The molecule has 0 radical (unpaired) electrons. The van der Waals surface area contributed by atoms with Gasteiger partial charge in [0.25, 0.3) is 0 Å². The van der Waals surface area contributed by atoms with Gasteiger partial charge in [-0.2, -0.15) is 0 Å². The molecule has 1 heterocycles. The number of amides is 3. The summed E-state index contributed by atoms with van der Waals surface area (Å²) in [4.78, 5) is 28.9. The molecule has 1 fully saturated rings. The molecule has 2 atom stereocenters. The van der Waals surface area contributed by atoms with Crippen molar-refractivity contribution in [3.8, 4) is 0 Å². The van der Waals surface area contributed by atoms with E-state index in [1.807, 2.05) is 39.1 Å². The molecule has 30 heavy (non-hydrogen) atoms. The van der Waals surface area contributed by atoms with Crippen LogP contribution >= 0.6 is 0 Å². The first-order chi connectivity index (χ1) is 14.4.